The minimum absolute atomic E-state index is 0.0936. The second-order valence-electron chi connectivity index (χ2n) is 4.93. The molecule has 1 aromatic rings. The van der Waals surface area contributed by atoms with Crippen molar-refractivity contribution in [2.45, 2.75) is 25.7 Å². The molecule has 0 spiro atoms. The zero-order valence-corrected chi connectivity index (χ0v) is 13.3. The highest BCUT2D eigenvalue weighted by atomic mass is 35.5. The number of amides is 1. The predicted molar refractivity (Wildman–Crippen MR) is 79.2 cm³/mol. The molecular weight excluding hydrogens is 300 g/mol. The molecule has 20 heavy (non-hydrogen) atoms. The van der Waals surface area contributed by atoms with E-state index in [1.165, 1.54) is 18.2 Å². The van der Waals surface area contributed by atoms with Gasteiger partial charge in [0.05, 0.1) is 11.4 Å². The van der Waals surface area contributed by atoms with Gasteiger partial charge in [0.25, 0.3) is 0 Å². The van der Waals surface area contributed by atoms with Gasteiger partial charge in [0.2, 0.25) is 15.9 Å². The normalized spacial score (nSPS) is 11.7. The van der Waals surface area contributed by atoms with Crippen molar-refractivity contribution in [3.05, 3.63) is 28.8 Å². The Labute approximate surface area is 124 Å². The van der Waals surface area contributed by atoms with Gasteiger partial charge in [-0.05, 0) is 36.6 Å². The van der Waals surface area contributed by atoms with E-state index in [4.69, 9.17) is 11.6 Å². The molecule has 1 amide bonds. The average Bonchev–Trinajstić information content (AvgIpc) is 2.37. The molecule has 5 nitrogen and oxygen atoms in total. The lowest BCUT2D eigenvalue weighted by atomic mass is 10.2. The highest BCUT2D eigenvalue weighted by Crippen LogP contribution is 2.19. The van der Waals surface area contributed by atoms with Crippen LogP contribution >= 0.6 is 11.6 Å². The summed E-state index contributed by atoms with van der Waals surface area (Å²) in [5, 5.41) is 3.14. The monoisotopic (exact) mass is 318 g/mol. The van der Waals surface area contributed by atoms with Gasteiger partial charge in [-0.15, -0.1) is 0 Å². The van der Waals surface area contributed by atoms with Crippen molar-refractivity contribution in [1.82, 2.24) is 10.0 Å². The molecule has 1 aromatic carbocycles. The second kappa shape index (κ2) is 7.06. The van der Waals surface area contributed by atoms with Gasteiger partial charge in [0.15, 0.2) is 0 Å². The van der Waals surface area contributed by atoms with E-state index in [1.54, 1.807) is 6.92 Å². The molecule has 0 aliphatic carbocycles. The Morgan fingerprint density at radius 2 is 2.00 bits per heavy atom. The maximum atomic E-state index is 12.0. The Balaban J connectivity index is 2.66. The molecule has 0 aromatic heterocycles. The van der Waals surface area contributed by atoms with Crippen molar-refractivity contribution >= 4 is 27.5 Å². The predicted octanol–water partition coefficient (Wildman–Crippen LogP) is 1.70. The van der Waals surface area contributed by atoms with E-state index < -0.39 is 10.0 Å². The summed E-state index contributed by atoms with van der Waals surface area (Å²) >= 11 is 5.85. The summed E-state index contributed by atoms with van der Waals surface area (Å²) in [6, 6.07) is 4.39. The Kier molecular flexibility index (Phi) is 5.98. The van der Waals surface area contributed by atoms with Crippen LogP contribution in [0.2, 0.25) is 5.02 Å². The first-order valence-electron chi connectivity index (χ1n) is 6.25. The van der Waals surface area contributed by atoms with Crippen LogP contribution in [-0.4, -0.2) is 27.4 Å². The fourth-order valence-corrected chi connectivity index (χ4v) is 2.59. The molecular formula is C13H19ClN2O3S. The van der Waals surface area contributed by atoms with E-state index in [9.17, 15) is 13.2 Å². The van der Waals surface area contributed by atoms with Gasteiger partial charge >= 0.3 is 0 Å². The molecule has 0 fully saturated rings. The third-order valence-corrected chi connectivity index (χ3v) is 4.39. The summed E-state index contributed by atoms with van der Waals surface area (Å²) in [5.74, 6) is -0.0394. The molecule has 0 radical (unpaired) electrons. The number of hydrogen-bond donors (Lipinski definition) is 2. The number of carbonyl (C=O) groups excluding carboxylic acids is 1. The quantitative estimate of drug-likeness (QED) is 0.838. The van der Waals surface area contributed by atoms with Crippen LogP contribution < -0.4 is 10.0 Å². The Hall–Kier alpha value is -1.11. The van der Waals surface area contributed by atoms with Crippen LogP contribution in [0, 0.1) is 12.8 Å². The van der Waals surface area contributed by atoms with Gasteiger partial charge in [0.1, 0.15) is 0 Å². The number of hydrogen-bond acceptors (Lipinski definition) is 3. The first-order chi connectivity index (χ1) is 9.22. The van der Waals surface area contributed by atoms with E-state index in [2.05, 4.69) is 10.0 Å². The molecule has 1 rings (SSSR count). The molecule has 0 aliphatic rings. The summed E-state index contributed by atoms with van der Waals surface area (Å²) in [5.41, 5.74) is 0.666. The number of rotatable bonds is 6. The molecule has 0 aliphatic heterocycles. The molecule has 2 N–H and O–H groups in total. The van der Waals surface area contributed by atoms with Gasteiger partial charge in [-0.1, -0.05) is 25.4 Å². The summed E-state index contributed by atoms with van der Waals surface area (Å²) < 4.78 is 26.3. The molecule has 0 atom stereocenters. The van der Waals surface area contributed by atoms with Crippen molar-refractivity contribution in [2.24, 2.45) is 5.92 Å². The largest absolute Gasteiger partial charge is 0.355 e. The lowest BCUT2D eigenvalue weighted by molar-refractivity contribution is -0.120. The maximum absolute atomic E-state index is 12.0. The molecule has 112 valence electrons. The molecule has 0 unspecified atom stereocenters. The van der Waals surface area contributed by atoms with E-state index in [0.29, 0.717) is 23.0 Å². The Bertz CT molecular complexity index is 585. The summed E-state index contributed by atoms with van der Waals surface area (Å²) in [6.45, 7) is 5.87. The van der Waals surface area contributed by atoms with Crippen molar-refractivity contribution in [3.8, 4) is 0 Å². The SMILES string of the molecule is Cc1cc(S(=O)(=O)NCC(=O)NCC(C)C)ccc1Cl. The topological polar surface area (TPSA) is 75.3 Å². The standard InChI is InChI=1S/C13H19ClN2O3S/c1-9(2)7-15-13(17)8-16-20(18,19)11-4-5-12(14)10(3)6-11/h4-6,9,16H,7-8H2,1-3H3,(H,15,17). The van der Waals surface area contributed by atoms with Crippen molar-refractivity contribution in [3.63, 3.8) is 0 Å². The van der Waals surface area contributed by atoms with Crippen LogP contribution in [0.15, 0.2) is 23.1 Å². The van der Waals surface area contributed by atoms with Crippen molar-refractivity contribution in [1.29, 1.82) is 0 Å². The average molecular weight is 319 g/mol. The summed E-state index contributed by atoms with van der Waals surface area (Å²) in [4.78, 5) is 11.6. The summed E-state index contributed by atoms with van der Waals surface area (Å²) in [6.07, 6.45) is 0. The fraction of sp³-hybridized carbons (Fsp3) is 0.462. The third-order valence-electron chi connectivity index (χ3n) is 2.57. The Morgan fingerprint density at radius 1 is 1.35 bits per heavy atom. The van der Waals surface area contributed by atoms with Crippen LogP contribution in [-0.2, 0) is 14.8 Å². The van der Waals surface area contributed by atoms with Crippen LogP contribution in [0.3, 0.4) is 0 Å². The minimum Gasteiger partial charge on any atom is -0.355 e. The lowest BCUT2D eigenvalue weighted by Gasteiger charge is -2.10. The summed E-state index contributed by atoms with van der Waals surface area (Å²) in [7, 11) is -3.70. The number of carbonyl (C=O) groups is 1. The number of aryl methyl sites for hydroxylation is 1. The van der Waals surface area contributed by atoms with Gasteiger partial charge in [-0.3, -0.25) is 4.79 Å². The number of sulfonamides is 1. The van der Waals surface area contributed by atoms with Crippen LogP contribution in [0.25, 0.3) is 0 Å². The first kappa shape index (κ1) is 16.9. The van der Waals surface area contributed by atoms with E-state index in [1.807, 2.05) is 13.8 Å². The number of halogens is 1. The minimum atomic E-state index is -3.70. The van der Waals surface area contributed by atoms with E-state index >= 15 is 0 Å². The fourth-order valence-electron chi connectivity index (χ4n) is 1.41. The van der Waals surface area contributed by atoms with Crippen LogP contribution in [0.4, 0.5) is 0 Å². The van der Waals surface area contributed by atoms with Gasteiger partial charge < -0.3 is 5.32 Å². The van der Waals surface area contributed by atoms with Gasteiger partial charge in [0, 0.05) is 11.6 Å². The molecule has 0 heterocycles. The third kappa shape index (κ3) is 5.11. The van der Waals surface area contributed by atoms with E-state index in [-0.39, 0.29) is 17.3 Å². The number of nitrogens with one attached hydrogen (secondary N) is 2. The Morgan fingerprint density at radius 3 is 2.55 bits per heavy atom. The molecule has 7 heteroatoms. The smallest absolute Gasteiger partial charge is 0.241 e. The molecule has 0 saturated heterocycles. The highest BCUT2D eigenvalue weighted by Gasteiger charge is 2.16. The lowest BCUT2D eigenvalue weighted by Crippen LogP contribution is -2.38. The zero-order chi connectivity index (χ0) is 15.3. The van der Waals surface area contributed by atoms with E-state index in [0.717, 1.165) is 0 Å². The first-order valence-corrected chi connectivity index (χ1v) is 8.11. The second-order valence-corrected chi connectivity index (χ2v) is 7.11. The van der Waals surface area contributed by atoms with Crippen LogP contribution in [0.1, 0.15) is 19.4 Å². The van der Waals surface area contributed by atoms with Crippen LogP contribution in [0.5, 0.6) is 0 Å². The highest BCUT2D eigenvalue weighted by molar-refractivity contribution is 7.89. The van der Waals surface area contributed by atoms with Crippen molar-refractivity contribution in [2.75, 3.05) is 13.1 Å². The maximum Gasteiger partial charge on any atom is 0.241 e. The van der Waals surface area contributed by atoms with Gasteiger partial charge in [-0.25, -0.2) is 13.1 Å². The van der Waals surface area contributed by atoms with Gasteiger partial charge in [-0.2, -0.15) is 0 Å². The van der Waals surface area contributed by atoms with Crippen molar-refractivity contribution < 1.29 is 13.2 Å². The molecule has 0 saturated carbocycles. The number of benzene rings is 1. The zero-order valence-electron chi connectivity index (χ0n) is 11.7. The molecule has 0 bridgehead atoms.